The Kier molecular flexibility index (Phi) is 5.66. The third-order valence-electron chi connectivity index (χ3n) is 5.29. The number of nitrogens with two attached hydrogens (primary N) is 1. The first-order valence-electron chi connectivity index (χ1n) is 9.81. The van der Waals surface area contributed by atoms with Crippen LogP contribution in [0.4, 0.5) is 11.4 Å². The van der Waals surface area contributed by atoms with Crippen molar-refractivity contribution >= 4 is 44.8 Å². The van der Waals surface area contributed by atoms with Crippen LogP contribution in [0.5, 0.6) is 0 Å². The number of para-hydroxylation sites is 1. The van der Waals surface area contributed by atoms with Gasteiger partial charge in [-0.3, -0.25) is 13.9 Å². The molecule has 1 unspecified atom stereocenters. The molecule has 32 heavy (non-hydrogen) atoms. The van der Waals surface area contributed by atoms with Gasteiger partial charge >= 0.3 is 0 Å². The van der Waals surface area contributed by atoms with Crippen molar-refractivity contribution in [3.63, 3.8) is 0 Å². The number of hydrogen-bond donors (Lipinski definition) is 2. The molecule has 4 rings (SSSR count). The molecule has 3 aromatic carbocycles. The zero-order chi connectivity index (χ0) is 23.0. The standard InChI is InChI=1S/C23H20ClN3O4S/c1-14-11-15-5-2-3-8-21(15)27(14)32(30,31)18-7-4-6-16(12-18)23(29)26-17-9-10-20(24)19(13-17)22(25)28/h2-10,12-14H,11H2,1H3,(H2,25,28)(H,26,29). The van der Waals surface area contributed by atoms with Gasteiger partial charge in [-0.1, -0.05) is 35.9 Å². The number of hydrogen-bond acceptors (Lipinski definition) is 4. The molecule has 0 saturated heterocycles. The van der Waals surface area contributed by atoms with Gasteiger partial charge in [-0.15, -0.1) is 0 Å². The molecule has 9 heteroatoms. The first-order valence-corrected chi connectivity index (χ1v) is 11.6. The summed E-state index contributed by atoms with van der Waals surface area (Å²) in [6.07, 6.45) is 0.619. The van der Waals surface area contributed by atoms with Gasteiger partial charge in [0.15, 0.2) is 0 Å². The van der Waals surface area contributed by atoms with Crippen LogP contribution >= 0.6 is 11.6 Å². The molecule has 164 valence electrons. The highest BCUT2D eigenvalue weighted by molar-refractivity contribution is 7.92. The van der Waals surface area contributed by atoms with E-state index in [2.05, 4.69) is 5.32 Å². The van der Waals surface area contributed by atoms with Gasteiger partial charge in [-0.25, -0.2) is 8.42 Å². The Labute approximate surface area is 190 Å². The van der Waals surface area contributed by atoms with Crippen LogP contribution in [0.15, 0.2) is 71.6 Å². The summed E-state index contributed by atoms with van der Waals surface area (Å²) in [4.78, 5) is 24.3. The average Bonchev–Trinajstić information content (AvgIpc) is 3.11. The second-order valence-electron chi connectivity index (χ2n) is 7.52. The lowest BCUT2D eigenvalue weighted by atomic mass is 10.1. The molecular formula is C23H20ClN3O4S. The zero-order valence-electron chi connectivity index (χ0n) is 17.1. The van der Waals surface area contributed by atoms with E-state index in [1.807, 2.05) is 19.1 Å². The molecule has 2 amide bonds. The topological polar surface area (TPSA) is 110 Å². The van der Waals surface area contributed by atoms with Crippen LogP contribution in [0.25, 0.3) is 0 Å². The van der Waals surface area contributed by atoms with Crippen LogP contribution in [0.3, 0.4) is 0 Å². The van der Waals surface area contributed by atoms with Crippen LogP contribution in [0, 0.1) is 0 Å². The Morgan fingerprint density at radius 2 is 1.81 bits per heavy atom. The highest BCUT2D eigenvalue weighted by atomic mass is 35.5. The van der Waals surface area contributed by atoms with Gasteiger partial charge in [-0.2, -0.15) is 0 Å². The summed E-state index contributed by atoms with van der Waals surface area (Å²) >= 11 is 5.94. The van der Waals surface area contributed by atoms with Gasteiger partial charge in [0, 0.05) is 17.3 Å². The molecule has 7 nitrogen and oxygen atoms in total. The lowest BCUT2D eigenvalue weighted by Crippen LogP contribution is -2.35. The molecule has 0 spiro atoms. The van der Waals surface area contributed by atoms with Gasteiger partial charge in [0.05, 0.1) is 21.2 Å². The summed E-state index contributed by atoms with van der Waals surface area (Å²) in [6.45, 7) is 1.85. The molecule has 0 radical (unpaired) electrons. The normalized spacial score (nSPS) is 15.3. The highest BCUT2D eigenvalue weighted by Crippen LogP contribution is 2.36. The lowest BCUT2D eigenvalue weighted by molar-refractivity contribution is 0.0996. The van der Waals surface area contributed by atoms with Crippen molar-refractivity contribution in [2.24, 2.45) is 5.73 Å². The van der Waals surface area contributed by atoms with Crippen LogP contribution in [-0.4, -0.2) is 26.3 Å². The van der Waals surface area contributed by atoms with Crippen LogP contribution in [-0.2, 0) is 16.4 Å². The van der Waals surface area contributed by atoms with Crippen LogP contribution in [0.2, 0.25) is 5.02 Å². The van der Waals surface area contributed by atoms with Gasteiger partial charge in [0.2, 0.25) is 5.91 Å². The van der Waals surface area contributed by atoms with E-state index in [0.29, 0.717) is 17.8 Å². The monoisotopic (exact) mass is 469 g/mol. The predicted octanol–water partition coefficient (Wildman–Crippen LogP) is 3.83. The van der Waals surface area contributed by atoms with E-state index in [1.54, 1.807) is 12.1 Å². The number of rotatable bonds is 5. The Bertz CT molecular complexity index is 1340. The minimum atomic E-state index is -3.88. The number of carbonyl (C=O) groups is 2. The van der Waals surface area contributed by atoms with Crippen molar-refractivity contribution < 1.29 is 18.0 Å². The Balaban J connectivity index is 1.63. The van der Waals surface area contributed by atoms with Crippen LogP contribution in [0.1, 0.15) is 33.2 Å². The van der Waals surface area contributed by atoms with Crippen LogP contribution < -0.4 is 15.4 Å². The molecule has 1 aliphatic rings. The number of carbonyl (C=O) groups excluding carboxylic acids is 2. The van der Waals surface area contributed by atoms with Crippen molar-refractivity contribution in [1.29, 1.82) is 0 Å². The lowest BCUT2D eigenvalue weighted by Gasteiger charge is -2.24. The van der Waals surface area contributed by atoms with E-state index in [1.165, 1.54) is 46.8 Å². The third-order valence-corrected chi connectivity index (χ3v) is 7.54. The van der Waals surface area contributed by atoms with Crippen molar-refractivity contribution in [2.75, 3.05) is 9.62 Å². The number of fused-ring (bicyclic) bond motifs is 1. The zero-order valence-corrected chi connectivity index (χ0v) is 18.7. The summed E-state index contributed by atoms with van der Waals surface area (Å²) in [5.41, 5.74) is 7.44. The molecule has 0 aliphatic carbocycles. The summed E-state index contributed by atoms with van der Waals surface area (Å²) in [6, 6.07) is 17.3. The maximum Gasteiger partial charge on any atom is 0.264 e. The van der Waals surface area contributed by atoms with Gasteiger partial charge in [-0.05, 0) is 61.4 Å². The summed E-state index contributed by atoms with van der Waals surface area (Å²) in [5.74, 6) is -1.26. The van der Waals surface area contributed by atoms with E-state index in [0.717, 1.165) is 5.56 Å². The van der Waals surface area contributed by atoms with E-state index < -0.39 is 21.8 Å². The average molecular weight is 470 g/mol. The van der Waals surface area contributed by atoms with Crippen molar-refractivity contribution in [3.8, 4) is 0 Å². The quantitative estimate of drug-likeness (QED) is 0.591. The predicted molar refractivity (Wildman–Crippen MR) is 124 cm³/mol. The van der Waals surface area contributed by atoms with E-state index in [-0.39, 0.29) is 27.1 Å². The maximum atomic E-state index is 13.4. The smallest absolute Gasteiger partial charge is 0.264 e. The minimum Gasteiger partial charge on any atom is -0.366 e. The van der Waals surface area contributed by atoms with E-state index in [9.17, 15) is 18.0 Å². The number of anilines is 2. The van der Waals surface area contributed by atoms with Gasteiger partial charge in [0.25, 0.3) is 15.9 Å². The SMILES string of the molecule is CC1Cc2ccccc2N1S(=O)(=O)c1cccc(C(=O)Nc2ccc(Cl)c(C(N)=O)c2)c1. The Hall–Kier alpha value is -3.36. The second-order valence-corrected chi connectivity index (χ2v) is 9.75. The molecule has 0 fully saturated rings. The molecule has 3 N–H and O–H groups in total. The summed E-state index contributed by atoms with van der Waals surface area (Å²) in [7, 11) is -3.88. The first-order chi connectivity index (χ1) is 15.2. The van der Waals surface area contributed by atoms with Crippen molar-refractivity contribution in [3.05, 3.63) is 88.4 Å². The number of nitrogens with one attached hydrogen (secondary N) is 1. The number of nitrogens with zero attached hydrogens (tertiary/aromatic N) is 1. The number of benzene rings is 3. The maximum absolute atomic E-state index is 13.4. The van der Waals surface area contributed by atoms with Crippen molar-refractivity contribution in [2.45, 2.75) is 24.3 Å². The first kappa shape index (κ1) is 21.9. The minimum absolute atomic E-state index is 0.0163. The van der Waals surface area contributed by atoms with E-state index in [4.69, 9.17) is 17.3 Å². The molecular weight excluding hydrogens is 450 g/mol. The third kappa shape index (κ3) is 3.94. The van der Waals surface area contributed by atoms with Gasteiger partial charge < -0.3 is 11.1 Å². The molecule has 1 atom stereocenters. The molecule has 0 saturated carbocycles. The molecule has 1 heterocycles. The fourth-order valence-electron chi connectivity index (χ4n) is 3.81. The molecule has 3 aromatic rings. The molecule has 0 bridgehead atoms. The van der Waals surface area contributed by atoms with Gasteiger partial charge in [0.1, 0.15) is 0 Å². The summed E-state index contributed by atoms with van der Waals surface area (Å²) in [5, 5.41) is 2.81. The number of halogens is 1. The number of sulfonamides is 1. The Morgan fingerprint density at radius 1 is 1.06 bits per heavy atom. The van der Waals surface area contributed by atoms with Crippen molar-refractivity contribution in [1.82, 2.24) is 0 Å². The van der Waals surface area contributed by atoms with E-state index >= 15 is 0 Å². The number of amides is 2. The largest absolute Gasteiger partial charge is 0.366 e. The fraction of sp³-hybridized carbons (Fsp3) is 0.130. The fourth-order valence-corrected chi connectivity index (χ4v) is 5.76. The highest BCUT2D eigenvalue weighted by Gasteiger charge is 2.36. The second kappa shape index (κ2) is 8.29. The summed E-state index contributed by atoms with van der Waals surface area (Å²) < 4.78 is 28.3. The number of primary amides is 1. The molecule has 1 aliphatic heterocycles. The Morgan fingerprint density at radius 3 is 2.56 bits per heavy atom. The molecule has 0 aromatic heterocycles.